The summed E-state index contributed by atoms with van der Waals surface area (Å²) in [6.45, 7) is 4.39. The first-order chi connectivity index (χ1) is 11.1. The molecule has 2 fully saturated rings. The molecule has 1 aromatic carbocycles. The largest absolute Gasteiger partial charge is 0.490 e. The molecule has 0 bridgehead atoms. The topological polar surface area (TPSA) is 47.6 Å². The van der Waals surface area contributed by atoms with Gasteiger partial charge in [0.25, 0.3) is 5.91 Å². The Hall–Kier alpha value is -1.55. The quantitative estimate of drug-likeness (QED) is 0.821. The van der Waals surface area contributed by atoms with E-state index in [1.54, 1.807) is 0 Å². The van der Waals surface area contributed by atoms with Crippen LogP contribution in [0.4, 0.5) is 5.69 Å². The van der Waals surface area contributed by atoms with Gasteiger partial charge in [0.2, 0.25) is 0 Å². The molecule has 3 rings (SSSR count). The lowest BCUT2D eigenvalue weighted by molar-refractivity contribution is -0.141. The van der Waals surface area contributed by atoms with Crippen molar-refractivity contribution in [3.63, 3.8) is 0 Å². The van der Waals surface area contributed by atoms with E-state index < -0.39 is 5.60 Å². The molecule has 2 saturated carbocycles. The van der Waals surface area contributed by atoms with Crippen molar-refractivity contribution in [2.75, 3.05) is 11.9 Å². The summed E-state index contributed by atoms with van der Waals surface area (Å²) >= 11 is 0. The minimum Gasteiger partial charge on any atom is -0.490 e. The maximum Gasteiger partial charge on any atom is 0.256 e. The van der Waals surface area contributed by atoms with Gasteiger partial charge in [0, 0.05) is 12.3 Å². The lowest BCUT2D eigenvalue weighted by Gasteiger charge is -2.28. The highest BCUT2D eigenvalue weighted by atomic mass is 16.5. The Bertz CT molecular complexity index is 532. The fraction of sp³-hybridized carbons (Fsp3) is 0.632. The second kappa shape index (κ2) is 6.91. The number of nitrogens with one attached hydrogen (secondary N) is 1. The van der Waals surface area contributed by atoms with Crippen molar-refractivity contribution in [2.24, 2.45) is 5.92 Å². The first-order valence-corrected chi connectivity index (χ1v) is 8.84. The normalized spacial score (nSPS) is 21.0. The fourth-order valence-corrected chi connectivity index (χ4v) is 3.37. The highest BCUT2D eigenvalue weighted by Crippen LogP contribution is 2.42. The molecule has 1 amide bonds. The van der Waals surface area contributed by atoms with Gasteiger partial charge in [-0.1, -0.05) is 0 Å². The zero-order valence-corrected chi connectivity index (χ0v) is 14.1. The molecule has 0 saturated heterocycles. The maximum atomic E-state index is 12.6. The first kappa shape index (κ1) is 16.3. The number of carbonyl (C=O) groups is 1. The molecule has 0 aliphatic heterocycles. The van der Waals surface area contributed by atoms with Crippen molar-refractivity contribution in [2.45, 2.75) is 64.1 Å². The van der Waals surface area contributed by atoms with Crippen LogP contribution in [0.5, 0.6) is 5.75 Å². The van der Waals surface area contributed by atoms with Crippen molar-refractivity contribution in [3.8, 4) is 5.75 Å². The standard InChI is InChI=1S/C19H27NO3/c1-3-22-19(2,14-8-9-14)18(21)20-15-10-12-17(13-11-15)23-16-6-4-5-7-16/h10-14,16H,3-9H2,1-2H3,(H,20,21)/t19-/m0/s1. The molecule has 0 heterocycles. The highest BCUT2D eigenvalue weighted by molar-refractivity contribution is 5.97. The third-order valence-corrected chi connectivity index (χ3v) is 4.97. The molecule has 0 spiro atoms. The number of ether oxygens (including phenoxy) is 2. The van der Waals surface area contributed by atoms with E-state index in [1.165, 1.54) is 12.8 Å². The van der Waals surface area contributed by atoms with Crippen molar-refractivity contribution in [1.29, 1.82) is 0 Å². The van der Waals surface area contributed by atoms with Crippen LogP contribution in [-0.2, 0) is 9.53 Å². The van der Waals surface area contributed by atoms with E-state index in [9.17, 15) is 4.79 Å². The summed E-state index contributed by atoms with van der Waals surface area (Å²) in [4.78, 5) is 12.6. The van der Waals surface area contributed by atoms with Gasteiger partial charge in [0.05, 0.1) is 6.10 Å². The second-order valence-electron chi connectivity index (χ2n) is 6.82. The number of hydrogen-bond donors (Lipinski definition) is 1. The summed E-state index contributed by atoms with van der Waals surface area (Å²) in [7, 11) is 0. The van der Waals surface area contributed by atoms with E-state index in [0.29, 0.717) is 18.6 Å². The monoisotopic (exact) mass is 317 g/mol. The van der Waals surface area contributed by atoms with Crippen molar-refractivity contribution in [3.05, 3.63) is 24.3 Å². The van der Waals surface area contributed by atoms with Crippen molar-refractivity contribution >= 4 is 11.6 Å². The Morgan fingerprint density at radius 2 is 1.83 bits per heavy atom. The van der Waals surface area contributed by atoms with E-state index in [-0.39, 0.29) is 5.91 Å². The summed E-state index contributed by atoms with van der Waals surface area (Å²) in [6.07, 6.45) is 7.30. The third kappa shape index (κ3) is 3.86. The van der Waals surface area contributed by atoms with Crippen LogP contribution in [0.1, 0.15) is 52.4 Å². The molecule has 1 atom stereocenters. The van der Waals surface area contributed by atoms with E-state index in [0.717, 1.165) is 37.1 Å². The Morgan fingerprint density at radius 3 is 2.39 bits per heavy atom. The van der Waals surface area contributed by atoms with Crippen LogP contribution in [-0.4, -0.2) is 24.2 Å². The van der Waals surface area contributed by atoms with Gasteiger partial charge in [-0.3, -0.25) is 4.79 Å². The van der Waals surface area contributed by atoms with E-state index in [4.69, 9.17) is 9.47 Å². The Labute approximate surface area is 138 Å². The van der Waals surface area contributed by atoms with Crippen LogP contribution < -0.4 is 10.1 Å². The van der Waals surface area contributed by atoms with E-state index >= 15 is 0 Å². The number of carbonyl (C=O) groups excluding carboxylic acids is 1. The second-order valence-corrected chi connectivity index (χ2v) is 6.82. The molecule has 4 heteroatoms. The predicted molar refractivity (Wildman–Crippen MR) is 90.7 cm³/mol. The number of hydrogen-bond acceptors (Lipinski definition) is 3. The molecule has 1 N–H and O–H groups in total. The maximum absolute atomic E-state index is 12.6. The molecule has 23 heavy (non-hydrogen) atoms. The van der Waals surface area contributed by atoms with Crippen molar-refractivity contribution in [1.82, 2.24) is 0 Å². The molecule has 2 aliphatic carbocycles. The molecule has 126 valence electrons. The van der Waals surface area contributed by atoms with Gasteiger partial charge in [-0.25, -0.2) is 0 Å². The molecular weight excluding hydrogens is 290 g/mol. The Balaban J connectivity index is 1.59. The molecule has 2 aliphatic rings. The third-order valence-electron chi connectivity index (χ3n) is 4.97. The van der Waals surface area contributed by atoms with Gasteiger partial charge < -0.3 is 14.8 Å². The number of rotatable bonds is 7. The van der Waals surface area contributed by atoms with Gasteiger partial charge in [-0.2, -0.15) is 0 Å². The van der Waals surface area contributed by atoms with Crippen LogP contribution in [0, 0.1) is 5.92 Å². The zero-order chi connectivity index (χ0) is 16.3. The fourth-order valence-electron chi connectivity index (χ4n) is 3.37. The van der Waals surface area contributed by atoms with Gasteiger partial charge in [-0.05, 0) is 82.6 Å². The van der Waals surface area contributed by atoms with Crippen molar-refractivity contribution < 1.29 is 14.3 Å². The average molecular weight is 317 g/mol. The van der Waals surface area contributed by atoms with Gasteiger partial charge in [0.15, 0.2) is 0 Å². The summed E-state index contributed by atoms with van der Waals surface area (Å²) in [5.74, 6) is 1.17. The minimum absolute atomic E-state index is 0.0497. The highest BCUT2D eigenvalue weighted by Gasteiger charge is 2.48. The van der Waals surface area contributed by atoms with Crippen LogP contribution >= 0.6 is 0 Å². The Kier molecular flexibility index (Phi) is 4.90. The summed E-state index contributed by atoms with van der Waals surface area (Å²) in [6, 6.07) is 7.68. The van der Waals surface area contributed by atoms with Crippen LogP contribution in [0.2, 0.25) is 0 Å². The van der Waals surface area contributed by atoms with Gasteiger partial charge in [-0.15, -0.1) is 0 Å². The first-order valence-electron chi connectivity index (χ1n) is 8.84. The lowest BCUT2D eigenvalue weighted by atomic mass is 9.99. The molecule has 0 radical (unpaired) electrons. The van der Waals surface area contributed by atoms with Crippen LogP contribution in [0.25, 0.3) is 0 Å². The summed E-state index contributed by atoms with van der Waals surface area (Å²) < 4.78 is 11.7. The molecule has 4 nitrogen and oxygen atoms in total. The SMILES string of the molecule is CCO[C@](C)(C(=O)Nc1ccc(OC2CCCC2)cc1)C1CC1. The molecule has 0 unspecified atom stereocenters. The van der Waals surface area contributed by atoms with E-state index in [1.807, 2.05) is 38.1 Å². The predicted octanol–water partition coefficient (Wildman–Crippen LogP) is 4.15. The molecule has 1 aromatic rings. The summed E-state index contributed by atoms with van der Waals surface area (Å²) in [5, 5.41) is 2.99. The van der Waals surface area contributed by atoms with Gasteiger partial charge >= 0.3 is 0 Å². The zero-order valence-electron chi connectivity index (χ0n) is 14.1. The number of amides is 1. The van der Waals surface area contributed by atoms with Crippen LogP contribution in [0.15, 0.2) is 24.3 Å². The lowest BCUT2D eigenvalue weighted by Crippen LogP contribution is -2.44. The smallest absolute Gasteiger partial charge is 0.256 e. The van der Waals surface area contributed by atoms with E-state index in [2.05, 4.69) is 5.32 Å². The van der Waals surface area contributed by atoms with Gasteiger partial charge in [0.1, 0.15) is 11.4 Å². The average Bonchev–Trinajstić information content (AvgIpc) is 3.28. The number of benzene rings is 1. The minimum atomic E-state index is -0.715. The Morgan fingerprint density at radius 1 is 1.17 bits per heavy atom. The van der Waals surface area contributed by atoms with Crippen LogP contribution in [0.3, 0.4) is 0 Å². The number of anilines is 1. The molecular formula is C19H27NO3. The molecule has 0 aromatic heterocycles. The summed E-state index contributed by atoms with van der Waals surface area (Å²) in [5.41, 5.74) is 0.0775.